The van der Waals surface area contributed by atoms with Crippen molar-refractivity contribution in [1.82, 2.24) is 4.90 Å². The molecule has 7 nitrogen and oxygen atoms in total. The Morgan fingerprint density at radius 1 is 1.00 bits per heavy atom. The average molecular weight is 372 g/mol. The highest BCUT2D eigenvalue weighted by Gasteiger charge is 2.53. The summed E-state index contributed by atoms with van der Waals surface area (Å²) in [5.41, 5.74) is 1.16. The number of aliphatic carboxylic acids is 1. The van der Waals surface area contributed by atoms with Gasteiger partial charge in [0.05, 0.1) is 25.0 Å². The van der Waals surface area contributed by atoms with Crippen molar-refractivity contribution in [3.63, 3.8) is 0 Å². The molecule has 4 rings (SSSR count). The first-order valence-corrected chi connectivity index (χ1v) is 9.55. The number of ether oxygens (including phenoxy) is 1. The third-order valence-corrected chi connectivity index (χ3v) is 6.20. The fourth-order valence-corrected chi connectivity index (χ4v) is 4.89. The van der Waals surface area contributed by atoms with Gasteiger partial charge in [0.1, 0.15) is 0 Å². The number of rotatable bonds is 4. The molecule has 1 aromatic rings. The summed E-state index contributed by atoms with van der Waals surface area (Å²) in [4.78, 5) is 38.5. The number of anilines is 1. The highest BCUT2D eigenvalue weighted by molar-refractivity contribution is 5.97. The van der Waals surface area contributed by atoms with Gasteiger partial charge in [-0.2, -0.15) is 0 Å². The van der Waals surface area contributed by atoms with Crippen LogP contribution < -0.4 is 5.32 Å². The van der Waals surface area contributed by atoms with Crippen LogP contribution in [0.3, 0.4) is 0 Å². The van der Waals surface area contributed by atoms with Crippen LogP contribution in [0.5, 0.6) is 0 Å². The Morgan fingerprint density at radius 3 is 2.26 bits per heavy atom. The second kappa shape index (κ2) is 7.31. The number of hydrogen-bond donors (Lipinski definition) is 2. The molecule has 0 radical (unpaired) electrons. The lowest BCUT2D eigenvalue weighted by molar-refractivity contribution is -0.148. The number of fused-ring (bicyclic) bond motifs is 2. The van der Waals surface area contributed by atoms with Crippen LogP contribution in [0.1, 0.15) is 29.6 Å². The van der Waals surface area contributed by atoms with Gasteiger partial charge in [-0.1, -0.05) is 0 Å². The molecule has 0 aromatic heterocycles. The largest absolute Gasteiger partial charge is 0.481 e. The van der Waals surface area contributed by atoms with Crippen molar-refractivity contribution in [3.8, 4) is 0 Å². The predicted octanol–water partition coefficient (Wildman–Crippen LogP) is 1.84. The van der Waals surface area contributed by atoms with Gasteiger partial charge >= 0.3 is 5.97 Å². The van der Waals surface area contributed by atoms with E-state index in [9.17, 15) is 19.5 Å². The van der Waals surface area contributed by atoms with Crippen molar-refractivity contribution in [2.75, 3.05) is 31.6 Å². The molecule has 2 amide bonds. The van der Waals surface area contributed by atoms with Gasteiger partial charge in [-0.15, -0.1) is 0 Å². The van der Waals surface area contributed by atoms with Gasteiger partial charge < -0.3 is 20.1 Å². The molecule has 0 unspecified atom stereocenters. The van der Waals surface area contributed by atoms with Crippen molar-refractivity contribution >= 4 is 23.5 Å². The SMILES string of the molecule is O=C(O)[C@@H]1[C@@H]2CC[C@@H](C2)[C@@H]1C(=O)Nc1ccc(C(=O)N2CCOCC2)cc1. The van der Waals surface area contributed by atoms with E-state index in [1.165, 1.54) is 0 Å². The highest BCUT2D eigenvalue weighted by atomic mass is 16.5. The molecule has 7 heteroatoms. The number of carboxylic acids is 1. The first kappa shape index (κ1) is 18.0. The normalized spacial score (nSPS) is 29.6. The quantitative estimate of drug-likeness (QED) is 0.841. The minimum absolute atomic E-state index is 0.0461. The number of carboxylic acid groups (broad SMARTS) is 1. The van der Waals surface area contributed by atoms with Gasteiger partial charge in [-0.05, 0) is 55.4 Å². The summed E-state index contributed by atoms with van der Waals surface area (Å²) in [5.74, 6) is -1.89. The van der Waals surface area contributed by atoms with Crippen molar-refractivity contribution in [2.45, 2.75) is 19.3 Å². The molecular weight excluding hydrogens is 348 g/mol. The van der Waals surface area contributed by atoms with Crippen LogP contribution in [0.2, 0.25) is 0 Å². The molecule has 4 atom stereocenters. The second-order valence-electron chi connectivity index (χ2n) is 7.69. The van der Waals surface area contributed by atoms with Crippen LogP contribution in [0.4, 0.5) is 5.69 Å². The summed E-state index contributed by atoms with van der Waals surface area (Å²) < 4.78 is 5.26. The number of carbonyl (C=O) groups excluding carboxylic acids is 2. The third-order valence-electron chi connectivity index (χ3n) is 6.20. The van der Waals surface area contributed by atoms with Crippen molar-refractivity contribution in [1.29, 1.82) is 0 Å². The topological polar surface area (TPSA) is 95.9 Å². The van der Waals surface area contributed by atoms with Crippen molar-refractivity contribution in [3.05, 3.63) is 29.8 Å². The fraction of sp³-hybridized carbons (Fsp3) is 0.550. The maximum absolute atomic E-state index is 12.7. The summed E-state index contributed by atoms with van der Waals surface area (Å²) in [6, 6.07) is 6.80. The standard InChI is InChI=1S/C20H24N2O5/c23-18(16-13-1-2-14(11-13)17(16)20(25)26)21-15-5-3-12(4-6-15)19(24)22-7-9-27-10-8-22/h3-6,13-14,16-17H,1-2,7-11H2,(H,21,23)(H,25,26)/t13-,14+,16-,17+/m0/s1. The molecule has 1 saturated heterocycles. The van der Waals surface area contributed by atoms with E-state index < -0.39 is 17.8 Å². The number of nitrogens with one attached hydrogen (secondary N) is 1. The molecular formula is C20H24N2O5. The molecule has 0 spiro atoms. The van der Waals surface area contributed by atoms with E-state index >= 15 is 0 Å². The smallest absolute Gasteiger partial charge is 0.307 e. The van der Waals surface area contributed by atoms with Gasteiger partial charge in [-0.25, -0.2) is 0 Å². The fourth-order valence-electron chi connectivity index (χ4n) is 4.89. The number of hydrogen-bond acceptors (Lipinski definition) is 4. The van der Waals surface area contributed by atoms with Crippen molar-refractivity contribution in [2.24, 2.45) is 23.7 Å². The Labute approximate surface area is 157 Å². The lowest BCUT2D eigenvalue weighted by Gasteiger charge is -2.27. The zero-order valence-electron chi connectivity index (χ0n) is 15.1. The first-order chi connectivity index (χ1) is 13.0. The highest BCUT2D eigenvalue weighted by Crippen LogP contribution is 2.52. The zero-order valence-corrected chi connectivity index (χ0v) is 15.1. The molecule has 1 heterocycles. The first-order valence-electron chi connectivity index (χ1n) is 9.55. The van der Waals surface area contributed by atoms with E-state index in [1.807, 2.05) is 0 Å². The van der Waals surface area contributed by atoms with Gasteiger partial charge in [0.2, 0.25) is 5.91 Å². The van der Waals surface area contributed by atoms with Crippen LogP contribution in [0, 0.1) is 23.7 Å². The number of benzene rings is 1. The van der Waals surface area contributed by atoms with Crippen molar-refractivity contribution < 1.29 is 24.2 Å². The minimum atomic E-state index is -0.867. The summed E-state index contributed by atoms with van der Waals surface area (Å²) in [6.45, 7) is 2.26. The molecule has 2 saturated carbocycles. The molecule has 27 heavy (non-hydrogen) atoms. The van der Waals surface area contributed by atoms with Crippen LogP contribution >= 0.6 is 0 Å². The number of nitrogens with zero attached hydrogens (tertiary/aromatic N) is 1. The van der Waals surface area contributed by atoms with E-state index in [1.54, 1.807) is 29.2 Å². The van der Waals surface area contributed by atoms with Crippen LogP contribution in [-0.2, 0) is 14.3 Å². The molecule has 3 aliphatic rings. The summed E-state index contributed by atoms with van der Waals surface area (Å²) in [5, 5.41) is 12.4. The molecule has 2 N–H and O–H groups in total. The second-order valence-corrected chi connectivity index (χ2v) is 7.69. The molecule has 1 aliphatic heterocycles. The molecule has 3 fully saturated rings. The summed E-state index contributed by atoms with van der Waals surface area (Å²) in [6.07, 6.45) is 2.67. The van der Waals surface area contributed by atoms with Crippen LogP contribution in [0.25, 0.3) is 0 Å². The van der Waals surface area contributed by atoms with E-state index in [-0.39, 0.29) is 23.7 Å². The number of carbonyl (C=O) groups is 3. The zero-order chi connectivity index (χ0) is 19.0. The molecule has 2 aliphatic carbocycles. The predicted molar refractivity (Wildman–Crippen MR) is 97.2 cm³/mol. The van der Waals surface area contributed by atoms with E-state index in [2.05, 4.69) is 5.32 Å². The number of morpholine rings is 1. The lowest BCUT2D eigenvalue weighted by atomic mass is 9.78. The van der Waals surface area contributed by atoms with Gasteiger partial charge in [0, 0.05) is 24.3 Å². The van der Waals surface area contributed by atoms with Gasteiger partial charge in [0.25, 0.3) is 5.91 Å². The molecule has 1 aromatic carbocycles. The maximum Gasteiger partial charge on any atom is 0.307 e. The Balaban J connectivity index is 1.41. The Morgan fingerprint density at radius 2 is 1.63 bits per heavy atom. The average Bonchev–Trinajstić information content (AvgIpc) is 3.30. The van der Waals surface area contributed by atoms with Crippen LogP contribution in [-0.4, -0.2) is 54.1 Å². The lowest BCUT2D eigenvalue weighted by Crippen LogP contribution is -2.40. The molecule has 2 bridgehead atoms. The maximum atomic E-state index is 12.7. The van der Waals surface area contributed by atoms with Crippen LogP contribution in [0.15, 0.2) is 24.3 Å². The van der Waals surface area contributed by atoms with Gasteiger partial charge in [-0.3, -0.25) is 14.4 Å². The van der Waals surface area contributed by atoms with E-state index in [0.29, 0.717) is 37.6 Å². The summed E-state index contributed by atoms with van der Waals surface area (Å²) in [7, 11) is 0. The molecule has 144 valence electrons. The monoisotopic (exact) mass is 372 g/mol. The van der Waals surface area contributed by atoms with E-state index in [4.69, 9.17) is 4.74 Å². The van der Waals surface area contributed by atoms with E-state index in [0.717, 1.165) is 19.3 Å². The third kappa shape index (κ3) is 3.43. The Bertz CT molecular complexity index is 741. The summed E-state index contributed by atoms with van der Waals surface area (Å²) >= 11 is 0. The Hall–Kier alpha value is -2.41. The van der Waals surface area contributed by atoms with Gasteiger partial charge in [0.15, 0.2) is 0 Å². The minimum Gasteiger partial charge on any atom is -0.481 e. The Kier molecular flexibility index (Phi) is 4.86. The number of amides is 2.